The highest BCUT2D eigenvalue weighted by molar-refractivity contribution is 5.57. The molecule has 4 nitrogen and oxygen atoms in total. The Kier molecular flexibility index (Phi) is 4.39. The number of rotatable bonds is 5. The molecular formula is C11H19N3O. The van der Waals surface area contributed by atoms with Crippen LogP contribution in [0.4, 0.5) is 11.4 Å². The monoisotopic (exact) mass is 209 g/mol. The van der Waals surface area contributed by atoms with Crippen molar-refractivity contribution in [3.05, 3.63) is 23.8 Å². The molecule has 4 heteroatoms. The van der Waals surface area contributed by atoms with Crippen molar-refractivity contribution in [1.82, 2.24) is 5.43 Å². The van der Waals surface area contributed by atoms with Gasteiger partial charge in [0.15, 0.2) is 0 Å². The largest absolute Gasteiger partial charge is 0.399 e. The van der Waals surface area contributed by atoms with Gasteiger partial charge in [0.2, 0.25) is 0 Å². The van der Waals surface area contributed by atoms with E-state index in [0.29, 0.717) is 6.54 Å². The molecule has 0 aliphatic carbocycles. The Balaban J connectivity index is 2.78. The van der Waals surface area contributed by atoms with Crippen molar-refractivity contribution in [1.29, 1.82) is 0 Å². The number of hydrogen-bond donors (Lipinski definition) is 3. The van der Waals surface area contributed by atoms with E-state index >= 15 is 0 Å². The fourth-order valence-corrected chi connectivity index (χ4v) is 1.40. The Morgan fingerprint density at radius 3 is 2.73 bits per heavy atom. The second kappa shape index (κ2) is 5.58. The van der Waals surface area contributed by atoms with Crippen LogP contribution < -0.4 is 16.2 Å². The number of hydrazine groups is 1. The van der Waals surface area contributed by atoms with Gasteiger partial charge >= 0.3 is 0 Å². The van der Waals surface area contributed by atoms with Crippen molar-refractivity contribution in [2.45, 2.75) is 13.8 Å². The summed E-state index contributed by atoms with van der Waals surface area (Å²) >= 11 is 0. The van der Waals surface area contributed by atoms with E-state index in [-0.39, 0.29) is 6.61 Å². The summed E-state index contributed by atoms with van der Waals surface area (Å²) in [5, 5.41) is 10.7. The first-order valence-electron chi connectivity index (χ1n) is 5.17. The molecule has 0 bridgehead atoms. The van der Waals surface area contributed by atoms with Crippen LogP contribution in [-0.4, -0.2) is 24.8 Å². The minimum Gasteiger partial charge on any atom is -0.399 e. The van der Waals surface area contributed by atoms with E-state index in [1.54, 1.807) is 0 Å². The maximum Gasteiger partial charge on any atom is 0.0574 e. The van der Waals surface area contributed by atoms with E-state index in [1.807, 2.05) is 30.1 Å². The fourth-order valence-electron chi connectivity index (χ4n) is 1.40. The molecule has 1 rings (SSSR count). The molecule has 0 spiro atoms. The van der Waals surface area contributed by atoms with Crippen LogP contribution in [0.1, 0.15) is 12.5 Å². The summed E-state index contributed by atoms with van der Waals surface area (Å²) in [4.78, 5) is 0. The first kappa shape index (κ1) is 11.8. The minimum absolute atomic E-state index is 0.129. The highest BCUT2D eigenvalue weighted by atomic mass is 16.3. The normalized spacial score (nSPS) is 10.3. The molecular weight excluding hydrogens is 190 g/mol. The Bertz CT molecular complexity index is 315. The number of benzene rings is 1. The molecule has 0 aliphatic heterocycles. The summed E-state index contributed by atoms with van der Waals surface area (Å²) in [7, 11) is 0. The maximum atomic E-state index is 8.75. The van der Waals surface area contributed by atoms with Gasteiger partial charge in [-0.15, -0.1) is 0 Å². The van der Waals surface area contributed by atoms with Crippen LogP contribution in [0.5, 0.6) is 0 Å². The van der Waals surface area contributed by atoms with Crippen molar-refractivity contribution in [2.75, 3.05) is 30.4 Å². The van der Waals surface area contributed by atoms with Crippen LogP contribution in [0, 0.1) is 6.92 Å². The number of aliphatic hydroxyl groups excluding tert-OH is 1. The highest BCUT2D eigenvalue weighted by Crippen LogP contribution is 2.19. The molecule has 0 aromatic heterocycles. The van der Waals surface area contributed by atoms with Crippen molar-refractivity contribution in [2.24, 2.45) is 0 Å². The minimum atomic E-state index is 0.129. The summed E-state index contributed by atoms with van der Waals surface area (Å²) in [6.45, 7) is 5.56. The van der Waals surface area contributed by atoms with E-state index < -0.39 is 0 Å². The van der Waals surface area contributed by atoms with Crippen molar-refractivity contribution < 1.29 is 5.11 Å². The standard InChI is InChI=1S/C11H19N3O/c1-3-14(13-6-7-15)10-4-5-11(12)9(2)8-10/h4-5,8,13,15H,3,6-7,12H2,1-2H3. The van der Waals surface area contributed by atoms with Crippen LogP contribution in [-0.2, 0) is 0 Å². The molecule has 15 heavy (non-hydrogen) atoms. The SMILES string of the molecule is CCN(NCCO)c1ccc(N)c(C)c1. The summed E-state index contributed by atoms with van der Waals surface area (Å²) in [6.07, 6.45) is 0. The lowest BCUT2D eigenvalue weighted by atomic mass is 10.2. The summed E-state index contributed by atoms with van der Waals surface area (Å²) in [5.41, 5.74) is 11.8. The van der Waals surface area contributed by atoms with Gasteiger partial charge in [0.05, 0.1) is 12.3 Å². The molecule has 0 saturated heterocycles. The molecule has 0 atom stereocenters. The Morgan fingerprint density at radius 2 is 2.20 bits per heavy atom. The van der Waals surface area contributed by atoms with Gasteiger partial charge in [0, 0.05) is 18.8 Å². The predicted octanol–water partition coefficient (Wildman–Crippen LogP) is 0.900. The number of aliphatic hydroxyl groups is 1. The first-order valence-corrected chi connectivity index (χ1v) is 5.17. The molecule has 4 N–H and O–H groups in total. The van der Waals surface area contributed by atoms with Gasteiger partial charge in [-0.25, -0.2) is 5.43 Å². The Hall–Kier alpha value is -1.26. The number of nitrogens with zero attached hydrogens (tertiary/aromatic N) is 1. The van der Waals surface area contributed by atoms with Gasteiger partial charge in [-0.2, -0.15) is 0 Å². The lowest BCUT2D eigenvalue weighted by Crippen LogP contribution is -2.39. The third kappa shape index (κ3) is 3.11. The third-order valence-corrected chi connectivity index (χ3v) is 2.30. The van der Waals surface area contributed by atoms with Crippen molar-refractivity contribution in [3.8, 4) is 0 Å². The molecule has 1 aromatic rings. The molecule has 1 aromatic carbocycles. The molecule has 0 radical (unpaired) electrons. The molecule has 0 amide bonds. The quantitative estimate of drug-likeness (QED) is 0.498. The lowest BCUT2D eigenvalue weighted by molar-refractivity contribution is 0.290. The maximum absolute atomic E-state index is 8.75. The van der Waals surface area contributed by atoms with E-state index in [1.165, 1.54) is 0 Å². The summed E-state index contributed by atoms with van der Waals surface area (Å²) < 4.78 is 0. The van der Waals surface area contributed by atoms with Crippen LogP contribution in [0.25, 0.3) is 0 Å². The van der Waals surface area contributed by atoms with E-state index in [9.17, 15) is 0 Å². The number of nitrogens with two attached hydrogens (primary N) is 1. The highest BCUT2D eigenvalue weighted by Gasteiger charge is 2.04. The van der Waals surface area contributed by atoms with E-state index in [4.69, 9.17) is 10.8 Å². The first-order chi connectivity index (χ1) is 7.19. The van der Waals surface area contributed by atoms with Gasteiger partial charge in [0.1, 0.15) is 0 Å². The van der Waals surface area contributed by atoms with Crippen LogP contribution in [0.3, 0.4) is 0 Å². The Labute approximate surface area is 90.7 Å². The molecule has 0 unspecified atom stereocenters. The number of nitrogens with one attached hydrogen (secondary N) is 1. The third-order valence-electron chi connectivity index (χ3n) is 2.30. The Morgan fingerprint density at radius 1 is 1.47 bits per heavy atom. The predicted molar refractivity (Wildman–Crippen MR) is 63.7 cm³/mol. The van der Waals surface area contributed by atoms with Crippen LogP contribution in [0.15, 0.2) is 18.2 Å². The fraction of sp³-hybridized carbons (Fsp3) is 0.455. The van der Waals surface area contributed by atoms with Gasteiger partial charge < -0.3 is 15.8 Å². The zero-order valence-electron chi connectivity index (χ0n) is 9.33. The van der Waals surface area contributed by atoms with Crippen LogP contribution >= 0.6 is 0 Å². The molecule has 0 aliphatic rings. The molecule has 0 heterocycles. The summed E-state index contributed by atoms with van der Waals surface area (Å²) in [5.74, 6) is 0. The zero-order chi connectivity index (χ0) is 11.3. The topological polar surface area (TPSA) is 61.5 Å². The van der Waals surface area contributed by atoms with Gasteiger partial charge in [-0.05, 0) is 37.6 Å². The average molecular weight is 209 g/mol. The number of nitrogen functional groups attached to an aromatic ring is 1. The number of hydrogen-bond acceptors (Lipinski definition) is 4. The second-order valence-electron chi connectivity index (χ2n) is 3.42. The lowest BCUT2D eigenvalue weighted by Gasteiger charge is -2.24. The average Bonchev–Trinajstić information content (AvgIpc) is 2.24. The summed E-state index contributed by atoms with van der Waals surface area (Å²) in [6, 6.07) is 5.90. The molecule has 0 saturated carbocycles. The number of aryl methyl sites for hydroxylation is 1. The zero-order valence-corrected chi connectivity index (χ0v) is 9.33. The van der Waals surface area contributed by atoms with E-state index in [2.05, 4.69) is 12.3 Å². The second-order valence-corrected chi connectivity index (χ2v) is 3.42. The van der Waals surface area contributed by atoms with Crippen molar-refractivity contribution in [3.63, 3.8) is 0 Å². The van der Waals surface area contributed by atoms with Crippen molar-refractivity contribution >= 4 is 11.4 Å². The van der Waals surface area contributed by atoms with Gasteiger partial charge in [0.25, 0.3) is 0 Å². The molecule has 84 valence electrons. The smallest absolute Gasteiger partial charge is 0.0574 e. The van der Waals surface area contributed by atoms with E-state index in [0.717, 1.165) is 23.5 Å². The van der Waals surface area contributed by atoms with Gasteiger partial charge in [-0.1, -0.05) is 0 Å². The number of anilines is 2. The molecule has 0 fully saturated rings. The van der Waals surface area contributed by atoms with Gasteiger partial charge in [-0.3, -0.25) is 0 Å². The van der Waals surface area contributed by atoms with Crippen LogP contribution in [0.2, 0.25) is 0 Å².